The second-order valence-electron chi connectivity index (χ2n) is 2.16. The SMILES string of the molecule is ClCc1cccc(CBr)c1Br. The minimum Gasteiger partial charge on any atom is -0.122 e. The zero-order chi connectivity index (χ0) is 8.27. The van der Waals surface area contributed by atoms with Crippen molar-refractivity contribution in [1.29, 1.82) is 0 Å². The van der Waals surface area contributed by atoms with Crippen molar-refractivity contribution in [1.82, 2.24) is 0 Å². The van der Waals surface area contributed by atoms with Crippen LogP contribution in [0, 0.1) is 0 Å². The standard InChI is InChI=1S/C8H7Br2Cl/c9-4-6-2-1-3-7(5-11)8(6)10/h1-3H,4-5H2. The van der Waals surface area contributed by atoms with E-state index in [4.69, 9.17) is 11.6 Å². The first-order valence-corrected chi connectivity index (χ1v) is 5.62. The lowest BCUT2D eigenvalue weighted by Crippen LogP contribution is -1.85. The smallest absolute Gasteiger partial charge is 0.0485 e. The largest absolute Gasteiger partial charge is 0.122 e. The number of alkyl halides is 2. The van der Waals surface area contributed by atoms with E-state index in [-0.39, 0.29) is 0 Å². The maximum absolute atomic E-state index is 5.72. The normalized spacial score (nSPS) is 10.1. The van der Waals surface area contributed by atoms with Crippen molar-refractivity contribution in [3.8, 4) is 0 Å². The van der Waals surface area contributed by atoms with Gasteiger partial charge in [-0.15, -0.1) is 11.6 Å². The van der Waals surface area contributed by atoms with Crippen LogP contribution in [0.15, 0.2) is 22.7 Å². The second-order valence-corrected chi connectivity index (χ2v) is 3.78. The monoisotopic (exact) mass is 296 g/mol. The zero-order valence-corrected chi connectivity index (χ0v) is 9.71. The van der Waals surface area contributed by atoms with Crippen LogP contribution in [0.5, 0.6) is 0 Å². The molecule has 1 aromatic rings. The van der Waals surface area contributed by atoms with Gasteiger partial charge in [0.1, 0.15) is 0 Å². The molecule has 0 fully saturated rings. The van der Waals surface area contributed by atoms with E-state index >= 15 is 0 Å². The Balaban J connectivity index is 3.10. The highest BCUT2D eigenvalue weighted by atomic mass is 79.9. The zero-order valence-electron chi connectivity index (χ0n) is 5.78. The van der Waals surface area contributed by atoms with E-state index in [0.717, 1.165) is 15.4 Å². The lowest BCUT2D eigenvalue weighted by molar-refractivity contribution is 1.29. The molecule has 0 bridgehead atoms. The van der Waals surface area contributed by atoms with Gasteiger partial charge in [-0.2, -0.15) is 0 Å². The van der Waals surface area contributed by atoms with Gasteiger partial charge in [-0.1, -0.05) is 50.1 Å². The molecule has 0 amide bonds. The minimum absolute atomic E-state index is 0.557. The van der Waals surface area contributed by atoms with Gasteiger partial charge < -0.3 is 0 Å². The van der Waals surface area contributed by atoms with E-state index in [0.29, 0.717) is 5.88 Å². The summed E-state index contributed by atoms with van der Waals surface area (Å²) in [7, 11) is 0. The van der Waals surface area contributed by atoms with Gasteiger partial charge in [0.05, 0.1) is 0 Å². The van der Waals surface area contributed by atoms with Crippen LogP contribution >= 0.6 is 43.5 Å². The minimum atomic E-state index is 0.557. The van der Waals surface area contributed by atoms with E-state index in [1.54, 1.807) is 0 Å². The summed E-state index contributed by atoms with van der Waals surface area (Å²) in [4.78, 5) is 0. The lowest BCUT2D eigenvalue weighted by Gasteiger charge is -2.03. The molecular formula is C8H7Br2Cl. The van der Waals surface area contributed by atoms with E-state index in [1.807, 2.05) is 12.1 Å². The predicted octanol–water partition coefficient (Wildman–Crippen LogP) is 4.08. The molecule has 0 nitrogen and oxygen atoms in total. The molecule has 0 aliphatic carbocycles. The maximum Gasteiger partial charge on any atom is 0.0485 e. The van der Waals surface area contributed by atoms with Crippen molar-refractivity contribution in [3.63, 3.8) is 0 Å². The third kappa shape index (κ3) is 2.20. The lowest BCUT2D eigenvalue weighted by atomic mass is 10.2. The molecule has 0 N–H and O–H groups in total. The fourth-order valence-electron chi connectivity index (χ4n) is 0.839. The Kier molecular flexibility index (Phi) is 3.90. The number of rotatable bonds is 2. The Morgan fingerprint density at radius 3 is 2.45 bits per heavy atom. The molecular weight excluding hydrogens is 291 g/mol. The topological polar surface area (TPSA) is 0 Å². The van der Waals surface area contributed by atoms with Gasteiger partial charge in [0.25, 0.3) is 0 Å². The van der Waals surface area contributed by atoms with Crippen molar-refractivity contribution >= 4 is 43.5 Å². The van der Waals surface area contributed by atoms with Gasteiger partial charge in [-0.3, -0.25) is 0 Å². The molecule has 0 spiro atoms. The molecule has 60 valence electrons. The highest BCUT2D eigenvalue weighted by Crippen LogP contribution is 2.24. The molecule has 1 rings (SSSR count). The van der Waals surface area contributed by atoms with Gasteiger partial charge in [0, 0.05) is 15.7 Å². The summed E-state index contributed by atoms with van der Waals surface area (Å²) < 4.78 is 1.12. The maximum atomic E-state index is 5.72. The van der Waals surface area contributed by atoms with Gasteiger partial charge >= 0.3 is 0 Å². The Hall–Kier alpha value is 0.470. The van der Waals surface area contributed by atoms with Crippen LogP contribution in [-0.4, -0.2) is 0 Å². The molecule has 0 saturated heterocycles. The van der Waals surface area contributed by atoms with Crippen molar-refractivity contribution in [3.05, 3.63) is 33.8 Å². The molecule has 0 aromatic heterocycles. The van der Waals surface area contributed by atoms with Crippen LogP contribution in [0.2, 0.25) is 0 Å². The summed E-state index contributed by atoms with van der Waals surface area (Å²) in [5.41, 5.74) is 2.38. The third-order valence-electron chi connectivity index (χ3n) is 1.45. The predicted molar refractivity (Wildman–Crippen MR) is 56.3 cm³/mol. The summed E-state index contributed by atoms with van der Waals surface area (Å²) in [6, 6.07) is 6.09. The highest BCUT2D eigenvalue weighted by Gasteiger charge is 2.01. The van der Waals surface area contributed by atoms with Crippen molar-refractivity contribution in [2.75, 3.05) is 0 Å². The second kappa shape index (κ2) is 4.48. The fraction of sp³-hybridized carbons (Fsp3) is 0.250. The molecule has 11 heavy (non-hydrogen) atoms. The first-order chi connectivity index (χ1) is 5.29. The van der Waals surface area contributed by atoms with E-state index < -0.39 is 0 Å². The van der Waals surface area contributed by atoms with Crippen molar-refractivity contribution in [2.45, 2.75) is 11.2 Å². The molecule has 0 aliphatic rings. The van der Waals surface area contributed by atoms with E-state index in [9.17, 15) is 0 Å². The molecule has 0 unspecified atom stereocenters. The van der Waals surface area contributed by atoms with Crippen LogP contribution in [0.4, 0.5) is 0 Å². The number of benzene rings is 1. The molecule has 0 radical (unpaired) electrons. The Morgan fingerprint density at radius 1 is 1.27 bits per heavy atom. The van der Waals surface area contributed by atoms with E-state index in [2.05, 4.69) is 37.9 Å². The van der Waals surface area contributed by atoms with Crippen molar-refractivity contribution < 1.29 is 0 Å². The van der Waals surface area contributed by atoms with Gasteiger partial charge in [-0.05, 0) is 11.1 Å². The molecule has 3 heteroatoms. The molecule has 1 aromatic carbocycles. The van der Waals surface area contributed by atoms with Crippen LogP contribution in [0.3, 0.4) is 0 Å². The summed E-state index contributed by atoms with van der Waals surface area (Å²) in [5, 5.41) is 0.859. The van der Waals surface area contributed by atoms with Gasteiger partial charge in [-0.25, -0.2) is 0 Å². The first-order valence-electron chi connectivity index (χ1n) is 3.17. The number of halogens is 3. The van der Waals surface area contributed by atoms with Crippen LogP contribution in [-0.2, 0) is 11.2 Å². The van der Waals surface area contributed by atoms with Gasteiger partial charge in [0.15, 0.2) is 0 Å². The van der Waals surface area contributed by atoms with Crippen LogP contribution in [0.25, 0.3) is 0 Å². The summed E-state index contributed by atoms with van der Waals surface area (Å²) in [5.74, 6) is 0.557. The average Bonchev–Trinajstić information content (AvgIpc) is 2.05. The van der Waals surface area contributed by atoms with E-state index in [1.165, 1.54) is 5.56 Å². The quantitative estimate of drug-likeness (QED) is 0.722. The van der Waals surface area contributed by atoms with Gasteiger partial charge in [0.2, 0.25) is 0 Å². The molecule has 0 saturated carbocycles. The fourth-order valence-corrected chi connectivity index (χ4v) is 2.61. The Morgan fingerprint density at radius 2 is 1.91 bits per heavy atom. The Labute approximate surface area is 88.2 Å². The van der Waals surface area contributed by atoms with Crippen LogP contribution in [0.1, 0.15) is 11.1 Å². The summed E-state index contributed by atoms with van der Waals surface area (Å²) in [6.45, 7) is 0. The Bertz CT molecular complexity index is 226. The summed E-state index contributed by atoms with van der Waals surface area (Å²) in [6.07, 6.45) is 0. The average molecular weight is 298 g/mol. The molecule has 0 heterocycles. The van der Waals surface area contributed by atoms with Crippen LogP contribution < -0.4 is 0 Å². The highest BCUT2D eigenvalue weighted by molar-refractivity contribution is 9.10. The molecule has 0 atom stereocenters. The number of hydrogen-bond acceptors (Lipinski definition) is 0. The number of hydrogen-bond donors (Lipinski definition) is 0. The molecule has 0 aliphatic heterocycles. The first kappa shape index (κ1) is 9.56. The third-order valence-corrected chi connectivity index (χ3v) is 3.36. The summed E-state index contributed by atoms with van der Waals surface area (Å²) >= 11 is 12.6. The van der Waals surface area contributed by atoms with Crippen molar-refractivity contribution in [2.24, 2.45) is 0 Å².